The highest BCUT2D eigenvalue weighted by Gasteiger charge is 2.38. The molecule has 0 aliphatic heterocycles. The lowest BCUT2D eigenvalue weighted by molar-refractivity contribution is -0.170. The van der Waals surface area contributed by atoms with Gasteiger partial charge in [-0.25, -0.2) is 0 Å². The van der Waals surface area contributed by atoms with Crippen molar-refractivity contribution in [1.82, 2.24) is 0 Å². The molecule has 0 aliphatic rings. The molecule has 0 fully saturated rings. The molecular formula is C77H140O8. The summed E-state index contributed by atoms with van der Waals surface area (Å²) >= 11 is 0. The van der Waals surface area contributed by atoms with E-state index in [4.69, 9.17) is 18.9 Å². The molecule has 0 unspecified atom stereocenters. The zero-order valence-corrected chi connectivity index (χ0v) is 56.8. The maximum Gasteiger partial charge on any atom is 0.305 e. The molecule has 496 valence electrons. The largest absolute Gasteiger partial charge is 0.465 e. The van der Waals surface area contributed by atoms with Gasteiger partial charge < -0.3 is 18.9 Å². The van der Waals surface area contributed by atoms with Crippen molar-refractivity contribution in [3.63, 3.8) is 0 Å². The monoisotopic (exact) mass is 1190 g/mol. The van der Waals surface area contributed by atoms with Crippen LogP contribution < -0.4 is 0 Å². The van der Waals surface area contributed by atoms with E-state index in [0.717, 1.165) is 77.0 Å². The van der Waals surface area contributed by atoms with Gasteiger partial charge in [0, 0.05) is 25.7 Å². The van der Waals surface area contributed by atoms with Gasteiger partial charge in [0.15, 0.2) is 0 Å². The van der Waals surface area contributed by atoms with Crippen molar-refractivity contribution in [2.24, 2.45) is 5.41 Å². The third kappa shape index (κ3) is 63.7. The van der Waals surface area contributed by atoms with E-state index in [-0.39, 0.29) is 76.0 Å². The molecule has 0 aromatic carbocycles. The second-order valence-corrected chi connectivity index (χ2v) is 25.5. The third-order valence-electron chi connectivity index (χ3n) is 16.7. The fourth-order valence-corrected chi connectivity index (χ4v) is 10.8. The Kier molecular flexibility index (Phi) is 65.8. The molecule has 0 bridgehead atoms. The third-order valence-corrected chi connectivity index (χ3v) is 16.7. The quantitative estimate of drug-likeness (QED) is 0.0257. The van der Waals surface area contributed by atoms with E-state index >= 15 is 0 Å². The Bertz CT molecular complexity index is 1330. The highest BCUT2D eigenvalue weighted by Crippen LogP contribution is 2.24. The molecule has 0 radical (unpaired) electrons. The predicted octanol–water partition coefficient (Wildman–Crippen LogP) is 24.3. The van der Waals surface area contributed by atoms with Crippen molar-refractivity contribution < 1.29 is 38.1 Å². The van der Waals surface area contributed by atoms with Crippen molar-refractivity contribution >= 4 is 23.9 Å². The van der Waals surface area contributed by atoms with Crippen LogP contribution in [0.1, 0.15) is 387 Å². The number of allylic oxidation sites excluding steroid dienone is 8. The minimum Gasteiger partial charge on any atom is -0.465 e. The van der Waals surface area contributed by atoms with Crippen molar-refractivity contribution in [1.29, 1.82) is 0 Å². The first-order chi connectivity index (χ1) is 41.8. The standard InChI is InChI=1S/C77H140O8/c1-5-9-13-17-21-25-29-33-37-41-45-49-53-57-61-65-73(78)82-69-77(70-83-74(79)66-62-58-54-50-46-42-38-34-30-26-22-18-14-10-6-2,71-84-75(80)67-63-59-55-51-47-43-39-35-31-27-23-19-15-11-7-3)72-85-76(81)68-64-60-56-52-48-44-40-36-32-28-24-20-16-12-8-4/h45-52H,5-44,53-72H2,1-4H3/b49-45-,50-46-,51-47-,52-48-. The molecular weight excluding hydrogens is 1050 g/mol. The highest BCUT2D eigenvalue weighted by molar-refractivity contribution is 5.71. The summed E-state index contributed by atoms with van der Waals surface area (Å²) in [6.07, 6.45) is 81.1. The van der Waals surface area contributed by atoms with Crippen molar-refractivity contribution in [2.75, 3.05) is 26.4 Å². The Hall–Kier alpha value is -3.16. The van der Waals surface area contributed by atoms with Gasteiger partial charge in [-0.1, -0.05) is 282 Å². The van der Waals surface area contributed by atoms with Gasteiger partial charge in [0.2, 0.25) is 0 Å². The van der Waals surface area contributed by atoms with Crippen LogP contribution in [0.4, 0.5) is 0 Å². The van der Waals surface area contributed by atoms with Gasteiger partial charge >= 0.3 is 23.9 Å². The Morgan fingerprint density at radius 3 is 0.518 bits per heavy atom. The van der Waals surface area contributed by atoms with Crippen LogP contribution >= 0.6 is 0 Å². The number of esters is 4. The van der Waals surface area contributed by atoms with E-state index in [1.807, 2.05) is 0 Å². The normalized spacial score (nSPS) is 12.0. The van der Waals surface area contributed by atoms with Crippen LogP contribution in [-0.2, 0) is 38.1 Å². The summed E-state index contributed by atoms with van der Waals surface area (Å²) in [6, 6.07) is 0. The summed E-state index contributed by atoms with van der Waals surface area (Å²) in [6.45, 7) is 8.27. The minimum absolute atomic E-state index is 0.199. The van der Waals surface area contributed by atoms with E-state index in [9.17, 15) is 19.2 Å². The second-order valence-electron chi connectivity index (χ2n) is 25.5. The molecule has 0 aliphatic carbocycles. The molecule has 0 atom stereocenters. The van der Waals surface area contributed by atoms with Crippen LogP contribution in [0.3, 0.4) is 0 Å². The van der Waals surface area contributed by atoms with E-state index in [2.05, 4.69) is 76.3 Å². The van der Waals surface area contributed by atoms with E-state index in [1.54, 1.807) is 0 Å². The number of ether oxygens (including phenoxy) is 4. The molecule has 0 N–H and O–H groups in total. The van der Waals surface area contributed by atoms with Crippen molar-refractivity contribution in [3.05, 3.63) is 48.6 Å². The molecule has 0 rings (SSSR count). The summed E-state index contributed by atoms with van der Waals surface area (Å²) in [7, 11) is 0. The summed E-state index contributed by atoms with van der Waals surface area (Å²) in [5.41, 5.74) is -1.25. The van der Waals surface area contributed by atoms with Crippen LogP contribution in [0.5, 0.6) is 0 Å². The Morgan fingerprint density at radius 2 is 0.353 bits per heavy atom. The van der Waals surface area contributed by atoms with Gasteiger partial charge in [0.1, 0.15) is 31.8 Å². The molecule has 85 heavy (non-hydrogen) atoms. The molecule has 0 aromatic heterocycles. The highest BCUT2D eigenvalue weighted by atomic mass is 16.6. The van der Waals surface area contributed by atoms with Crippen LogP contribution in [0.25, 0.3) is 0 Å². The Balaban J connectivity index is 5.56. The first-order valence-corrected chi connectivity index (χ1v) is 37.0. The smallest absolute Gasteiger partial charge is 0.305 e. The zero-order chi connectivity index (χ0) is 61.7. The van der Waals surface area contributed by atoms with Crippen LogP contribution in [0.15, 0.2) is 48.6 Å². The number of carbonyl (C=O) groups excluding carboxylic acids is 4. The number of hydrogen-bond donors (Lipinski definition) is 0. The van der Waals surface area contributed by atoms with Gasteiger partial charge in [-0.3, -0.25) is 19.2 Å². The number of unbranched alkanes of at least 4 members (excludes halogenated alkanes) is 44. The number of hydrogen-bond acceptors (Lipinski definition) is 8. The fourth-order valence-electron chi connectivity index (χ4n) is 10.8. The van der Waals surface area contributed by atoms with Crippen LogP contribution in [0, 0.1) is 5.41 Å². The predicted molar refractivity (Wildman–Crippen MR) is 364 cm³/mol. The van der Waals surface area contributed by atoms with E-state index < -0.39 is 5.41 Å². The summed E-state index contributed by atoms with van der Waals surface area (Å²) in [5, 5.41) is 0. The van der Waals surface area contributed by atoms with Gasteiger partial charge in [-0.15, -0.1) is 0 Å². The van der Waals surface area contributed by atoms with Gasteiger partial charge in [0.25, 0.3) is 0 Å². The first kappa shape index (κ1) is 81.8. The molecule has 0 spiro atoms. The SMILES string of the molecule is CCCCCCCCCCC/C=C\CCCCC(=O)OCC(COC(=O)CCCC/C=C\CCCCCCCCCCC)(COC(=O)CCCC/C=C\CCCCCCCCCCC)COC(=O)CCCC/C=C\CCCCCCCCCCC. The molecule has 8 nitrogen and oxygen atoms in total. The number of rotatable bonds is 68. The van der Waals surface area contributed by atoms with Gasteiger partial charge in [0.05, 0.1) is 0 Å². The van der Waals surface area contributed by atoms with Crippen LogP contribution in [0.2, 0.25) is 0 Å². The molecule has 8 heteroatoms. The molecule has 0 saturated heterocycles. The summed E-state index contributed by atoms with van der Waals surface area (Å²) in [5.74, 6) is -1.46. The fraction of sp³-hybridized carbons (Fsp3) is 0.844. The molecule has 0 aromatic rings. The maximum atomic E-state index is 13.4. The first-order valence-electron chi connectivity index (χ1n) is 37.0. The van der Waals surface area contributed by atoms with Crippen molar-refractivity contribution in [3.8, 4) is 0 Å². The zero-order valence-electron chi connectivity index (χ0n) is 56.8. The van der Waals surface area contributed by atoms with Crippen molar-refractivity contribution in [2.45, 2.75) is 387 Å². The lowest BCUT2D eigenvalue weighted by Crippen LogP contribution is -2.44. The summed E-state index contributed by atoms with van der Waals surface area (Å²) in [4.78, 5) is 53.4. The molecule has 0 amide bonds. The average Bonchev–Trinajstić information content (AvgIpc) is 3.60. The molecule has 0 heterocycles. The van der Waals surface area contributed by atoms with E-state index in [0.29, 0.717) is 25.7 Å². The Labute approximate surface area is 527 Å². The van der Waals surface area contributed by atoms with E-state index in [1.165, 1.54) is 231 Å². The number of carbonyl (C=O) groups is 4. The van der Waals surface area contributed by atoms with Gasteiger partial charge in [-0.05, 0) is 128 Å². The minimum atomic E-state index is -1.25. The lowest BCUT2D eigenvalue weighted by atomic mass is 9.92. The summed E-state index contributed by atoms with van der Waals surface area (Å²) < 4.78 is 23.8. The second kappa shape index (κ2) is 68.3. The average molecular weight is 1190 g/mol. The Morgan fingerprint density at radius 1 is 0.212 bits per heavy atom. The van der Waals surface area contributed by atoms with Gasteiger partial charge in [-0.2, -0.15) is 0 Å². The lowest BCUT2D eigenvalue weighted by Gasteiger charge is -2.31. The molecule has 0 saturated carbocycles. The maximum absolute atomic E-state index is 13.4. The van der Waals surface area contributed by atoms with Crippen LogP contribution in [-0.4, -0.2) is 50.3 Å². The topological polar surface area (TPSA) is 105 Å².